The van der Waals surface area contributed by atoms with Gasteiger partial charge in [-0.2, -0.15) is 0 Å². The van der Waals surface area contributed by atoms with Crippen LogP contribution in [0, 0.1) is 0 Å². The topological polar surface area (TPSA) is 35.5 Å². The van der Waals surface area contributed by atoms with Gasteiger partial charge in [-0.05, 0) is 6.92 Å². The molecule has 4 heteroatoms. The minimum Gasteiger partial charge on any atom is -0.356 e. The van der Waals surface area contributed by atoms with Crippen LogP contribution in [0.2, 0.25) is 0 Å². The molecule has 0 radical (unpaired) electrons. The summed E-state index contributed by atoms with van der Waals surface area (Å²) < 4.78 is 9.35. The Labute approximate surface area is 69.8 Å². The Hall–Kier alpha value is 0.0700. The first kappa shape index (κ1) is 12.7. The van der Waals surface area contributed by atoms with E-state index < -0.39 is 0 Å². The Balaban J connectivity index is 0. The molecule has 0 aliphatic carbocycles. The zero-order valence-corrected chi connectivity index (χ0v) is 8.05. The standard InChI is InChI=1S/C4H10O2.C2H3BrO/c1-4(5-2)6-3;3-1-2-4/h4H,1-3H3;2H,1H2. The Morgan fingerprint density at radius 2 is 1.80 bits per heavy atom. The molecule has 0 aromatic rings. The molecule has 0 rings (SSSR count). The molecule has 0 aromatic heterocycles. The highest BCUT2D eigenvalue weighted by atomic mass is 79.9. The second kappa shape index (κ2) is 11.8. The van der Waals surface area contributed by atoms with Gasteiger partial charge < -0.3 is 14.3 Å². The first-order chi connectivity index (χ1) is 4.72. The third-order valence-corrected chi connectivity index (χ3v) is 0.991. The maximum Gasteiger partial charge on any atom is 0.154 e. The van der Waals surface area contributed by atoms with E-state index in [2.05, 4.69) is 25.4 Å². The van der Waals surface area contributed by atoms with Crippen molar-refractivity contribution in [3.05, 3.63) is 0 Å². The van der Waals surface area contributed by atoms with Crippen LogP contribution in [-0.4, -0.2) is 32.1 Å². The molecule has 0 saturated carbocycles. The Morgan fingerprint density at radius 1 is 1.50 bits per heavy atom. The van der Waals surface area contributed by atoms with E-state index in [-0.39, 0.29) is 6.29 Å². The van der Waals surface area contributed by atoms with Crippen LogP contribution in [0.4, 0.5) is 0 Å². The summed E-state index contributed by atoms with van der Waals surface area (Å²) in [5.41, 5.74) is 0. The third kappa shape index (κ3) is 15.7. The number of alkyl halides is 1. The fraction of sp³-hybridized carbons (Fsp3) is 0.833. The van der Waals surface area contributed by atoms with Crippen LogP contribution in [0.25, 0.3) is 0 Å². The number of methoxy groups -OCH3 is 2. The maximum absolute atomic E-state index is 9.13. The number of rotatable bonds is 3. The molecule has 3 nitrogen and oxygen atoms in total. The van der Waals surface area contributed by atoms with Gasteiger partial charge in [-0.15, -0.1) is 0 Å². The molecule has 0 fully saturated rings. The molecule has 0 amide bonds. The largest absolute Gasteiger partial charge is 0.356 e. The third-order valence-electron chi connectivity index (χ3n) is 0.727. The van der Waals surface area contributed by atoms with Crippen molar-refractivity contribution in [3.8, 4) is 0 Å². The summed E-state index contributed by atoms with van der Waals surface area (Å²) in [5.74, 6) is 0. The molecule has 0 aliphatic heterocycles. The second-order valence-electron chi connectivity index (χ2n) is 1.36. The van der Waals surface area contributed by atoms with E-state index in [0.29, 0.717) is 5.33 Å². The van der Waals surface area contributed by atoms with Gasteiger partial charge in [0.15, 0.2) is 6.29 Å². The van der Waals surface area contributed by atoms with Crippen molar-refractivity contribution in [1.82, 2.24) is 0 Å². The number of halogens is 1. The Morgan fingerprint density at radius 3 is 1.80 bits per heavy atom. The lowest BCUT2D eigenvalue weighted by Gasteiger charge is -2.03. The molecule has 0 atom stereocenters. The van der Waals surface area contributed by atoms with E-state index >= 15 is 0 Å². The smallest absolute Gasteiger partial charge is 0.154 e. The summed E-state index contributed by atoms with van der Waals surface area (Å²) in [4.78, 5) is 9.13. The number of ether oxygens (including phenoxy) is 2. The average Bonchev–Trinajstić information content (AvgIpc) is 2.03. The van der Waals surface area contributed by atoms with Crippen molar-refractivity contribution in [1.29, 1.82) is 0 Å². The summed E-state index contributed by atoms with van der Waals surface area (Å²) in [6.07, 6.45) is 0.727. The van der Waals surface area contributed by atoms with Gasteiger partial charge in [0, 0.05) is 14.2 Å². The Bertz CT molecular complexity index is 64.0. The van der Waals surface area contributed by atoms with Gasteiger partial charge in [0.2, 0.25) is 0 Å². The summed E-state index contributed by atoms with van der Waals surface area (Å²) in [6, 6.07) is 0. The molecule has 0 aromatic carbocycles. The van der Waals surface area contributed by atoms with E-state index in [1.807, 2.05) is 6.92 Å². The molecule has 0 bridgehead atoms. The van der Waals surface area contributed by atoms with E-state index in [1.165, 1.54) is 0 Å². The SMILES string of the molecule is COC(C)OC.O=CCBr. The maximum atomic E-state index is 9.13. The van der Waals surface area contributed by atoms with Gasteiger partial charge in [0.1, 0.15) is 6.29 Å². The number of carbonyl (C=O) groups is 1. The zero-order valence-electron chi connectivity index (χ0n) is 6.46. The predicted octanol–water partition coefficient (Wildman–Crippen LogP) is 1.21. The lowest BCUT2D eigenvalue weighted by atomic mass is 10.8. The van der Waals surface area contributed by atoms with Gasteiger partial charge in [-0.3, -0.25) is 0 Å². The minimum absolute atomic E-state index is 0.0648. The van der Waals surface area contributed by atoms with Crippen LogP contribution < -0.4 is 0 Å². The first-order valence-corrected chi connectivity index (χ1v) is 3.90. The minimum atomic E-state index is -0.0648. The molecule has 0 spiro atoms. The summed E-state index contributed by atoms with van der Waals surface area (Å²) in [5, 5.41) is 0.451. The molecule has 0 N–H and O–H groups in total. The van der Waals surface area contributed by atoms with Gasteiger partial charge in [0.05, 0.1) is 5.33 Å². The molecule has 0 saturated heterocycles. The predicted molar refractivity (Wildman–Crippen MR) is 43.3 cm³/mol. The Kier molecular flexibility index (Phi) is 15.0. The lowest BCUT2D eigenvalue weighted by molar-refractivity contribution is -0.105. The zero-order chi connectivity index (χ0) is 8.41. The highest BCUT2D eigenvalue weighted by molar-refractivity contribution is 9.09. The van der Waals surface area contributed by atoms with Crippen LogP contribution in [0.3, 0.4) is 0 Å². The van der Waals surface area contributed by atoms with Crippen LogP contribution in [0.1, 0.15) is 6.92 Å². The number of aldehydes is 1. The molecular weight excluding hydrogens is 200 g/mol. The van der Waals surface area contributed by atoms with Gasteiger partial charge >= 0.3 is 0 Å². The van der Waals surface area contributed by atoms with Crippen LogP contribution >= 0.6 is 15.9 Å². The molecule has 62 valence electrons. The van der Waals surface area contributed by atoms with Crippen molar-refractivity contribution >= 4 is 22.2 Å². The quantitative estimate of drug-likeness (QED) is 0.401. The van der Waals surface area contributed by atoms with Gasteiger partial charge in [-0.1, -0.05) is 15.9 Å². The molecule has 0 heterocycles. The van der Waals surface area contributed by atoms with Crippen LogP contribution in [-0.2, 0) is 14.3 Å². The average molecular weight is 213 g/mol. The summed E-state index contributed by atoms with van der Waals surface area (Å²) in [7, 11) is 3.21. The van der Waals surface area contributed by atoms with E-state index in [0.717, 1.165) is 6.29 Å². The highest BCUT2D eigenvalue weighted by Gasteiger charge is 1.87. The van der Waals surface area contributed by atoms with Crippen molar-refractivity contribution in [3.63, 3.8) is 0 Å². The lowest BCUT2D eigenvalue weighted by Crippen LogP contribution is -2.05. The molecule has 10 heavy (non-hydrogen) atoms. The first-order valence-electron chi connectivity index (χ1n) is 2.78. The van der Waals surface area contributed by atoms with Crippen molar-refractivity contribution < 1.29 is 14.3 Å². The normalized spacial score (nSPS) is 8.50. The highest BCUT2D eigenvalue weighted by Crippen LogP contribution is 1.82. The molecule has 0 unspecified atom stereocenters. The second-order valence-corrected chi connectivity index (χ2v) is 2.01. The van der Waals surface area contributed by atoms with E-state index in [4.69, 9.17) is 4.79 Å². The van der Waals surface area contributed by atoms with Crippen molar-refractivity contribution in [2.45, 2.75) is 13.2 Å². The fourth-order valence-electron chi connectivity index (χ4n) is 0.0962. The van der Waals surface area contributed by atoms with Crippen molar-refractivity contribution in [2.24, 2.45) is 0 Å². The molecular formula is C6H13BrO3. The van der Waals surface area contributed by atoms with Gasteiger partial charge in [-0.25, -0.2) is 0 Å². The van der Waals surface area contributed by atoms with E-state index in [1.54, 1.807) is 14.2 Å². The monoisotopic (exact) mass is 212 g/mol. The van der Waals surface area contributed by atoms with Crippen LogP contribution in [0.5, 0.6) is 0 Å². The fourth-order valence-corrected chi connectivity index (χ4v) is 0.0962. The number of hydrogen-bond acceptors (Lipinski definition) is 3. The summed E-state index contributed by atoms with van der Waals surface area (Å²) in [6.45, 7) is 1.83. The van der Waals surface area contributed by atoms with Crippen LogP contribution in [0.15, 0.2) is 0 Å². The number of carbonyl (C=O) groups excluding carboxylic acids is 1. The van der Waals surface area contributed by atoms with Gasteiger partial charge in [0.25, 0.3) is 0 Å². The van der Waals surface area contributed by atoms with Crippen molar-refractivity contribution in [2.75, 3.05) is 19.5 Å². The molecule has 0 aliphatic rings. The van der Waals surface area contributed by atoms with E-state index in [9.17, 15) is 0 Å². The summed E-state index contributed by atoms with van der Waals surface area (Å²) >= 11 is 2.88. The number of hydrogen-bond donors (Lipinski definition) is 0.